The monoisotopic (exact) mass is 396 g/mol. The average molecular weight is 397 g/mol. The van der Waals surface area contributed by atoms with Crippen molar-refractivity contribution in [2.45, 2.75) is 12.7 Å². The number of hydrogen-bond acceptors (Lipinski definition) is 5. The van der Waals surface area contributed by atoms with Gasteiger partial charge in [-0.15, -0.1) is 0 Å². The molecule has 2 heterocycles. The van der Waals surface area contributed by atoms with Gasteiger partial charge in [-0.1, -0.05) is 40.2 Å². The third-order valence-corrected chi connectivity index (χ3v) is 4.69. The fourth-order valence-electron chi connectivity index (χ4n) is 3.05. The molecule has 5 N–H and O–H groups in total. The molecule has 0 bridgehead atoms. The first-order valence-corrected chi connectivity index (χ1v) is 8.60. The van der Waals surface area contributed by atoms with Crippen LogP contribution < -0.4 is 16.8 Å². The third-order valence-electron chi connectivity index (χ3n) is 4.16. The lowest BCUT2D eigenvalue weighted by atomic mass is 10.1. The summed E-state index contributed by atoms with van der Waals surface area (Å²) in [5.74, 6) is 0.792. The fraction of sp³-hybridized carbons (Fsp3) is 0.111. The first kappa shape index (κ1) is 15.9. The van der Waals surface area contributed by atoms with Crippen LogP contribution in [0.5, 0.6) is 0 Å². The van der Waals surface area contributed by atoms with Crippen LogP contribution in [0.2, 0.25) is 0 Å². The molecule has 0 aliphatic carbocycles. The number of imidazole rings is 1. The molecule has 0 amide bonds. The number of nitrogens with one attached hydrogen (secondary N) is 1. The molecule has 1 atom stereocenters. The summed E-state index contributed by atoms with van der Waals surface area (Å²) in [5, 5.41) is 3.31. The maximum Gasteiger partial charge on any atom is 0.212 e. The number of halogens is 1. The molecule has 0 saturated heterocycles. The summed E-state index contributed by atoms with van der Waals surface area (Å²) in [6.07, 6.45) is 1.77. The zero-order chi connectivity index (χ0) is 17.6. The highest BCUT2D eigenvalue weighted by molar-refractivity contribution is 9.10. The highest BCUT2D eigenvalue weighted by Crippen LogP contribution is 2.27. The minimum Gasteiger partial charge on any atom is -0.384 e. The molecule has 0 radical (unpaired) electrons. The summed E-state index contributed by atoms with van der Waals surface area (Å²) in [7, 11) is 0. The Labute approximate surface area is 153 Å². The van der Waals surface area contributed by atoms with Crippen molar-refractivity contribution in [1.82, 2.24) is 14.9 Å². The number of aromatic nitrogens is 2. The predicted molar refractivity (Wildman–Crippen MR) is 104 cm³/mol. The van der Waals surface area contributed by atoms with E-state index in [-0.39, 0.29) is 0 Å². The number of fused-ring (bicyclic) bond motifs is 1. The van der Waals surface area contributed by atoms with Gasteiger partial charge in [-0.3, -0.25) is 10.3 Å². The van der Waals surface area contributed by atoms with Crippen molar-refractivity contribution in [3.63, 3.8) is 0 Å². The Bertz CT molecular complexity index is 1020. The summed E-state index contributed by atoms with van der Waals surface area (Å²) in [6.45, 7) is 1.95. The van der Waals surface area contributed by atoms with Gasteiger partial charge in [0.2, 0.25) is 5.79 Å². The molecule has 0 saturated carbocycles. The lowest BCUT2D eigenvalue weighted by molar-refractivity contribution is 0.411. The standard InChI is InChI=1S/C18H17BrN6/c1-11-22-14-4-2-3-5-15(14)25(11)17-10-16(20)23-18(21,24-17)12-6-8-13(19)9-7-12/h2-10,24H,21H2,1H3,(H2,20,23). The average Bonchev–Trinajstić information content (AvgIpc) is 2.90. The first-order chi connectivity index (χ1) is 12.0. The quantitative estimate of drug-likeness (QED) is 0.620. The largest absolute Gasteiger partial charge is 0.384 e. The van der Waals surface area contributed by atoms with Gasteiger partial charge in [0.1, 0.15) is 17.5 Å². The lowest BCUT2D eigenvalue weighted by Crippen LogP contribution is -2.52. The van der Waals surface area contributed by atoms with Gasteiger partial charge < -0.3 is 11.1 Å². The molecule has 1 aliphatic heterocycles. The van der Waals surface area contributed by atoms with Crippen molar-refractivity contribution in [2.24, 2.45) is 16.5 Å². The molecule has 1 aromatic heterocycles. The van der Waals surface area contributed by atoms with Crippen molar-refractivity contribution in [3.8, 4) is 0 Å². The van der Waals surface area contributed by atoms with Gasteiger partial charge in [0.05, 0.1) is 11.0 Å². The number of aliphatic imine (C=N–C) groups is 1. The molecule has 4 rings (SSSR count). The maximum atomic E-state index is 6.54. The van der Waals surface area contributed by atoms with Crippen molar-refractivity contribution >= 4 is 38.6 Å². The van der Waals surface area contributed by atoms with Gasteiger partial charge in [0, 0.05) is 16.1 Å². The van der Waals surface area contributed by atoms with E-state index in [1.807, 2.05) is 60.0 Å². The lowest BCUT2D eigenvalue weighted by Gasteiger charge is -2.33. The Balaban J connectivity index is 1.83. The molecular weight excluding hydrogens is 380 g/mol. The van der Waals surface area contributed by atoms with E-state index in [2.05, 4.69) is 31.2 Å². The summed E-state index contributed by atoms with van der Waals surface area (Å²) in [5.41, 5.74) is 15.3. The highest BCUT2D eigenvalue weighted by atomic mass is 79.9. The van der Waals surface area contributed by atoms with Crippen molar-refractivity contribution < 1.29 is 0 Å². The van der Waals surface area contributed by atoms with Crippen LogP contribution in [0.4, 0.5) is 0 Å². The highest BCUT2D eigenvalue weighted by Gasteiger charge is 2.31. The van der Waals surface area contributed by atoms with Crippen LogP contribution in [0.3, 0.4) is 0 Å². The van der Waals surface area contributed by atoms with E-state index in [1.54, 1.807) is 6.08 Å². The van der Waals surface area contributed by atoms with Crippen LogP contribution in [-0.4, -0.2) is 15.4 Å². The summed E-state index contributed by atoms with van der Waals surface area (Å²) >= 11 is 3.43. The molecule has 0 spiro atoms. The van der Waals surface area contributed by atoms with Crippen LogP contribution >= 0.6 is 15.9 Å². The van der Waals surface area contributed by atoms with Crippen LogP contribution in [-0.2, 0) is 5.79 Å². The Morgan fingerprint density at radius 2 is 1.84 bits per heavy atom. The van der Waals surface area contributed by atoms with Gasteiger partial charge in [-0.2, -0.15) is 0 Å². The van der Waals surface area contributed by atoms with E-state index >= 15 is 0 Å². The number of hydrogen-bond donors (Lipinski definition) is 3. The van der Waals surface area contributed by atoms with E-state index in [1.165, 1.54) is 0 Å². The van der Waals surface area contributed by atoms with E-state index in [9.17, 15) is 0 Å². The Morgan fingerprint density at radius 3 is 2.60 bits per heavy atom. The number of benzene rings is 2. The second-order valence-electron chi connectivity index (χ2n) is 5.95. The molecule has 2 aromatic carbocycles. The zero-order valence-corrected chi connectivity index (χ0v) is 15.2. The summed E-state index contributed by atoms with van der Waals surface area (Å²) in [4.78, 5) is 9.02. The van der Waals surface area contributed by atoms with E-state index in [0.29, 0.717) is 5.84 Å². The number of nitrogens with zero attached hydrogens (tertiary/aromatic N) is 3. The second-order valence-corrected chi connectivity index (χ2v) is 6.86. The smallest absolute Gasteiger partial charge is 0.212 e. The molecular formula is C18H17BrN6. The summed E-state index contributed by atoms with van der Waals surface area (Å²) < 4.78 is 2.97. The van der Waals surface area contributed by atoms with Crippen LogP contribution in [0.15, 0.2) is 64.1 Å². The molecule has 126 valence electrons. The van der Waals surface area contributed by atoms with Crippen molar-refractivity contribution in [2.75, 3.05) is 0 Å². The molecule has 3 aromatic rings. The molecule has 6 nitrogen and oxygen atoms in total. The maximum absolute atomic E-state index is 6.54. The van der Waals surface area contributed by atoms with E-state index in [4.69, 9.17) is 11.5 Å². The number of para-hydroxylation sites is 2. The number of aryl methyl sites for hydroxylation is 1. The van der Waals surface area contributed by atoms with Gasteiger partial charge in [0.25, 0.3) is 0 Å². The van der Waals surface area contributed by atoms with E-state index < -0.39 is 5.79 Å². The van der Waals surface area contributed by atoms with Gasteiger partial charge in [-0.25, -0.2) is 9.98 Å². The number of amidine groups is 1. The number of nitrogens with two attached hydrogens (primary N) is 2. The summed E-state index contributed by atoms with van der Waals surface area (Å²) in [6, 6.07) is 15.6. The van der Waals surface area contributed by atoms with Crippen molar-refractivity contribution in [1.29, 1.82) is 0 Å². The predicted octanol–water partition coefficient (Wildman–Crippen LogP) is 2.64. The molecule has 7 heteroatoms. The SMILES string of the molecule is Cc1nc2ccccc2n1C1=CC(N)=NC(N)(c2ccc(Br)cc2)N1. The first-order valence-electron chi connectivity index (χ1n) is 7.81. The minimum atomic E-state index is -1.15. The third kappa shape index (κ3) is 2.71. The zero-order valence-electron chi connectivity index (χ0n) is 13.6. The minimum absolute atomic E-state index is 0.358. The van der Waals surface area contributed by atoms with E-state index in [0.717, 1.165) is 32.7 Å². The van der Waals surface area contributed by atoms with Gasteiger partial charge in [-0.05, 0) is 31.2 Å². The normalized spacial score (nSPS) is 20.1. The van der Waals surface area contributed by atoms with Gasteiger partial charge in [0.15, 0.2) is 0 Å². The molecule has 1 unspecified atom stereocenters. The van der Waals surface area contributed by atoms with Crippen LogP contribution in [0, 0.1) is 6.92 Å². The number of rotatable bonds is 2. The molecule has 1 aliphatic rings. The van der Waals surface area contributed by atoms with Crippen LogP contribution in [0.25, 0.3) is 16.9 Å². The Hall–Kier alpha value is -2.64. The Morgan fingerprint density at radius 1 is 1.12 bits per heavy atom. The second kappa shape index (κ2) is 5.72. The Kier molecular flexibility index (Phi) is 3.63. The topological polar surface area (TPSA) is 94.2 Å². The van der Waals surface area contributed by atoms with Crippen molar-refractivity contribution in [3.05, 3.63) is 70.5 Å². The van der Waals surface area contributed by atoms with Gasteiger partial charge >= 0.3 is 0 Å². The molecule has 25 heavy (non-hydrogen) atoms. The van der Waals surface area contributed by atoms with Crippen LogP contribution in [0.1, 0.15) is 11.4 Å². The molecule has 0 fully saturated rings. The fourth-order valence-corrected chi connectivity index (χ4v) is 3.31.